The summed E-state index contributed by atoms with van der Waals surface area (Å²) in [5.74, 6) is 0.0732. The predicted molar refractivity (Wildman–Crippen MR) is 80.5 cm³/mol. The number of amides is 1. The first-order valence-corrected chi connectivity index (χ1v) is 7.54. The third kappa shape index (κ3) is 4.05. The number of nitrogens with one attached hydrogen (secondary N) is 1. The zero-order valence-electron chi connectivity index (χ0n) is 11.5. The van der Waals surface area contributed by atoms with Gasteiger partial charge in [-0.3, -0.25) is 4.79 Å². The van der Waals surface area contributed by atoms with E-state index in [4.69, 9.17) is 4.74 Å². The zero-order chi connectivity index (χ0) is 13.8. The van der Waals surface area contributed by atoms with Gasteiger partial charge < -0.3 is 10.1 Å². The Morgan fingerprint density at radius 2 is 2.11 bits per heavy atom. The van der Waals surface area contributed by atoms with Crippen LogP contribution >= 0.6 is 15.9 Å². The molecule has 0 bridgehead atoms. The molecule has 0 radical (unpaired) electrons. The third-order valence-electron chi connectivity index (χ3n) is 3.48. The van der Waals surface area contributed by atoms with Gasteiger partial charge in [0.25, 0.3) is 0 Å². The fourth-order valence-corrected chi connectivity index (χ4v) is 3.16. The van der Waals surface area contributed by atoms with Crippen LogP contribution in [0.15, 0.2) is 16.6 Å². The molecule has 4 heteroatoms. The van der Waals surface area contributed by atoms with E-state index in [2.05, 4.69) is 21.2 Å². The molecule has 1 unspecified atom stereocenters. The van der Waals surface area contributed by atoms with E-state index in [0.29, 0.717) is 6.42 Å². The molecule has 1 aromatic rings. The van der Waals surface area contributed by atoms with Gasteiger partial charge in [0.2, 0.25) is 5.91 Å². The predicted octanol–water partition coefficient (Wildman–Crippen LogP) is 3.96. The smallest absolute Gasteiger partial charge is 0.224 e. The van der Waals surface area contributed by atoms with Crippen LogP contribution in [0.4, 0.5) is 5.69 Å². The van der Waals surface area contributed by atoms with E-state index in [9.17, 15) is 4.79 Å². The van der Waals surface area contributed by atoms with Gasteiger partial charge in [-0.1, -0.05) is 15.9 Å². The van der Waals surface area contributed by atoms with Gasteiger partial charge in [0.05, 0.1) is 6.10 Å². The van der Waals surface area contributed by atoms with E-state index in [-0.39, 0.29) is 12.0 Å². The lowest BCUT2D eigenvalue weighted by Gasteiger charge is -2.13. The summed E-state index contributed by atoms with van der Waals surface area (Å²) in [5, 5.41) is 3.01. The molecular formula is C15H20BrNO2. The number of aryl methyl sites for hydroxylation is 2. The van der Waals surface area contributed by atoms with E-state index >= 15 is 0 Å². The summed E-state index contributed by atoms with van der Waals surface area (Å²) in [6.45, 7) is 4.86. The Balaban J connectivity index is 1.91. The largest absolute Gasteiger partial charge is 0.378 e. The molecule has 0 spiro atoms. The Bertz CT molecular complexity index is 444. The fraction of sp³-hybridized carbons (Fsp3) is 0.533. The lowest BCUT2D eigenvalue weighted by atomic mass is 10.1. The first-order valence-electron chi connectivity index (χ1n) is 6.74. The van der Waals surface area contributed by atoms with Crippen LogP contribution in [-0.4, -0.2) is 18.6 Å². The summed E-state index contributed by atoms with van der Waals surface area (Å²) in [4.78, 5) is 12.0. The molecule has 1 aromatic carbocycles. The van der Waals surface area contributed by atoms with Crippen LogP contribution in [0, 0.1) is 13.8 Å². The standard InChI is InChI=1S/C15H20BrNO2/c1-10-8-12(16)9-11(2)15(10)17-14(18)6-5-13-4-3-7-19-13/h8-9,13H,3-7H2,1-2H3,(H,17,18). The summed E-state index contributed by atoms with van der Waals surface area (Å²) in [7, 11) is 0. The highest BCUT2D eigenvalue weighted by Crippen LogP contribution is 2.25. The van der Waals surface area contributed by atoms with Gasteiger partial charge in [0.15, 0.2) is 0 Å². The first-order chi connectivity index (χ1) is 9.06. The Morgan fingerprint density at radius 1 is 1.42 bits per heavy atom. The summed E-state index contributed by atoms with van der Waals surface area (Å²) in [6.07, 6.45) is 3.83. The Hall–Kier alpha value is -0.870. The molecule has 3 nitrogen and oxygen atoms in total. The van der Waals surface area contributed by atoms with Crippen LogP contribution in [0.1, 0.15) is 36.8 Å². The van der Waals surface area contributed by atoms with Gasteiger partial charge in [-0.05, 0) is 56.4 Å². The minimum atomic E-state index is 0.0732. The van der Waals surface area contributed by atoms with Gasteiger partial charge in [-0.25, -0.2) is 0 Å². The van der Waals surface area contributed by atoms with Crippen molar-refractivity contribution in [1.29, 1.82) is 0 Å². The molecule has 1 fully saturated rings. The van der Waals surface area contributed by atoms with Crippen molar-refractivity contribution in [3.8, 4) is 0 Å². The number of ether oxygens (including phenoxy) is 1. The average Bonchev–Trinajstić information content (AvgIpc) is 2.84. The number of benzene rings is 1. The van der Waals surface area contributed by atoms with Gasteiger partial charge in [0, 0.05) is 23.2 Å². The van der Waals surface area contributed by atoms with E-state index in [1.54, 1.807) is 0 Å². The summed E-state index contributed by atoms with van der Waals surface area (Å²) >= 11 is 3.46. The van der Waals surface area contributed by atoms with Crippen molar-refractivity contribution in [1.82, 2.24) is 0 Å². The van der Waals surface area contributed by atoms with E-state index < -0.39 is 0 Å². The summed E-state index contributed by atoms with van der Waals surface area (Å²) in [6, 6.07) is 4.03. The lowest BCUT2D eigenvalue weighted by molar-refractivity contribution is -0.116. The van der Waals surface area contributed by atoms with Crippen molar-refractivity contribution in [2.75, 3.05) is 11.9 Å². The quantitative estimate of drug-likeness (QED) is 0.909. The molecule has 1 aliphatic heterocycles. The first kappa shape index (κ1) is 14.5. The SMILES string of the molecule is Cc1cc(Br)cc(C)c1NC(=O)CCC1CCCO1. The molecule has 1 saturated heterocycles. The van der Waals surface area contributed by atoms with Crippen molar-refractivity contribution in [2.45, 2.75) is 45.6 Å². The summed E-state index contributed by atoms with van der Waals surface area (Å²) < 4.78 is 6.57. The van der Waals surface area contributed by atoms with Gasteiger partial charge >= 0.3 is 0 Å². The minimum Gasteiger partial charge on any atom is -0.378 e. The lowest BCUT2D eigenvalue weighted by Crippen LogP contribution is -2.16. The molecule has 1 amide bonds. The highest BCUT2D eigenvalue weighted by atomic mass is 79.9. The monoisotopic (exact) mass is 325 g/mol. The molecule has 1 atom stereocenters. The third-order valence-corrected chi connectivity index (χ3v) is 3.94. The Labute approximate surface area is 122 Å². The molecule has 19 heavy (non-hydrogen) atoms. The van der Waals surface area contributed by atoms with Crippen molar-refractivity contribution in [3.63, 3.8) is 0 Å². The van der Waals surface area contributed by atoms with Crippen LogP contribution in [-0.2, 0) is 9.53 Å². The molecule has 0 aliphatic carbocycles. The molecule has 0 aromatic heterocycles. The van der Waals surface area contributed by atoms with Crippen LogP contribution in [0.3, 0.4) is 0 Å². The molecule has 1 N–H and O–H groups in total. The maximum absolute atomic E-state index is 12.0. The molecular weight excluding hydrogens is 306 g/mol. The van der Waals surface area contributed by atoms with Gasteiger partial charge in [-0.2, -0.15) is 0 Å². The molecule has 2 rings (SSSR count). The highest BCUT2D eigenvalue weighted by molar-refractivity contribution is 9.10. The number of hydrogen-bond donors (Lipinski definition) is 1. The van der Waals surface area contributed by atoms with Crippen LogP contribution in [0.25, 0.3) is 0 Å². The zero-order valence-corrected chi connectivity index (χ0v) is 13.0. The van der Waals surface area contributed by atoms with Crippen molar-refractivity contribution in [2.24, 2.45) is 0 Å². The maximum atomic E-state index is 12.0. The molecule has 1 heterocycles. The fourth-order valence-electron chi connectivity index (χ4n) is 2.47. The van der Waals surface area contributed by atoms with Crippen molar-refractivity contribution in [3.05, 3.63) is 27.7 Å². The van der Waals surface area contributed by atoms with Crippen molar-refractivity contribution < 1.29 is 9.53 Å². The van der Waals surface area contributed by atoms with Crippen LogP contribution in [0.5, 0.6) is 0 Å². The number of halogens is 1. The topological polar surface area (TPSA) is 38.3 Å². The van der Waals surface area contributed by atoms with Gasteiger partial charge in [0.1, 0.15) is 0 Å². The van der Waals surface area contributed by atoms with Gasteiger partial charge in [-0.15, -0.1) is 0 Å². The molecule has 104 valence electrons. The highest BCUT2D eigenvalue weighted by Gasteiger charge is 2.17. The number of carbonyl (C=O) groups excluding carboxylic acids is 1. The molecule has 0 saturated carbocycles. The Kier molecular flexibility index (Phi) is 4.99. The second-order valence-corrected chi connectivity index (χ2v) is 6.05. The van der Waals surface area contributed by atoms with Crippen LogP contribution in [0.2, 0.25) is 0 Å². The number of rotatable bonds is 4. The number of anilines is 1. The maximum Gasteiger partial charge on any atom is 0.224 e. The average molecular weight is 326 g/mol. The minimum absolute atomic E-state index is 0.0732. The number of hydrogen-bond acceptors (Lipinski definition) is 2. The molecule has 1 aliphatic rings. The second kappa shape index (κ2) is 6.53. The normalized spacial score (nSPS) is 18.6. The number of carbonyl (C=O) groups is 1. The van der Waals surface area contributed by atoms with E-state index in [1.165, 1.54) is 0 Å². The second-order valence-electron chi connectivity index (χ2n) is 5.14. The van der Waals surface area contributed by atoms with E-state index in [0.717, 1.165) is 47.2 Å². The summed E-state index contributed by atoms with van der Waals surface area (Å²) in [5.41, 5.74) is 3.09. The Morgan fingerprint density at radius 3 is 2.68 bits per heavy atom. The van der Waals surface area contributed by atoms with Crippen molar-refractivity contribution >= 4 is 27.5 Å². The van der Waals surface area contributed by atoms with E-state index in [1.807, 2.05) is 26.0 Å². The van der Waals surface area contributed by atoms with Crippen LogP contribution < -0.4 is 5.32 Å².